The van der Waals surface area contributed by atoms with Crippen LogP contribution in [-0.2, 0) is 18.7 Å². The largest absolute Gasteiger partial charge is 0.435 e. The second-order valence-corrected chi connectivity index (χ2v) is 21.6. The topological polar surface area (TPSA) is 65.0 Å². The van der Waals surface area contributed by atoms with Crippen molar-refractivity contribution < 1.29 is 23.8 Å². The van der Waals surface area contributed by atoms with Crippen LogP contribution < -0.4 is 10.4 Å². The van der Waals surface area contributed by atoms with Crippen LogP contribution in [0.5, 0.6) is 0 Å². The van der Waals surface area contributed by atoms with Gasteiger partial charge >= 0.3 is 5.97 Å². The van der Waals surface area contributed by atoms with Crippen molar-refractivity contribution >= 4 is 24.7 Å². The van der Waals surface area contributed by atoms with Crippen molar-refractivity contribution in [3.8, 4) is 0 Å². The van der Waals surface area contributed by atoms with Crippen LogP contribution in [0, 0.1) is 46.3 Å². The van der Waals surface area contributed by atoms with E-state index in [-0.39, 0.29) is 40.3 Å². The minimum atomic E-state index is -2.85. The number of cyclic esters (lactones) is 1. The average Bonchev–Trinajstić information content (AvgIpc) is 3.32. The summed E-state index contributed by atoms with van der Waals surface area (Å²) in [6, 6.07) is 21.4. The fourth-order valence-corrected chi connectivity index (χ4v) is 14.7. The zero-order chi connectivity index (χ0) is 33.8. The highest BCUT2D eigenvalue weighted by molar-refractivity contribution is 6.99. The zero-order valence-corrected chi connectivity index (χ0v) is 30.9. The molecule has 2 aromatic carbocycles. The number of hydrogen-bond acceptors (Lipinski definition) is 5. The maximum Gasteiger partial charge on any atom is 0.318 e. The molecule has 9 atom stereocenters. The SMILES string of the molecule is CC(C)[C@H]1CC[C@H](C)C[C@@H]1O[C@H]1OC(=O)[C@@]23[C@@H]1[C@@H](CO[Si](c1ccccc1)(c1ccccc1)C(C)(C)C)C=C[C@H]2C(C)(C)CC[C@@H]3O. The first-order chi connectivity index (χ1) is 22.2. The second-order valence-electron chi connectivity index (χ2n) is 17.3. The molecule has 0 bridgehead atoms. The quantitative estimate of drug-likeness (QED) is 0.181. The lowest BCUT2D eigenvalue weighted by Gasteiger charge is -2.55. The van der Waals surface area contributed by atoms with Crippen LogP contribution >= 0.6 is 0 Å². The van der Waals surface area contributed by atoms with Gasteiger partial charge in [0.05, 0.1) is 12.2 Å². The standard InChI is InChI=1S/C41H58O5Si/c1-27(2)32-21-19-28(3)25-33(32)45-37-36-29(20-22-34-40(7,8)24-23-35(42)41(34,36)38(43)46-37)26-44-47(39(4,5)6,30-15-11-9-12-16-30)31-17-13-10-14-18-31/h9-18,20,22,27-29,32-37,42H,19,21,23-26H2,1-8H3/t28-,29+,32+,33-,34-,35-,36+,37-,41-/m0/s1. The summed E-state index contributed by atoms with van der Waals surface area (Å²) in [6.45, 7) is 18.7. The van der Waals surface area contributed by atoms with Crippen molar-refractivity contribution in [1.82, 2.24) is 0 Å². The maximum atomic E-state index is 14.4. The Kier molecular flexibility index (Phi) is 9.49. The van der Waals surface area contributed by atoms with Crippen molar-refractivity contribution in [2.45, 2.75) is 111 Å². The summed E-state index contributed by atoms with van der Waals surface area (Å²) < 4.78 is 21.0. The minimum Gasteiger partial charge on any atom is -0.435 e. The summed E-state index contributed by atoms with van der Waals surface area (Å²) in [7, 11) is -2.85. The molecule has 0 unspecified atom stereocenters. The molecule has 2 aromatic rings. The van der Waals surface area contributed by atoms with Gasteiger partial charge in [-0.3, -0.25) is 4.79 Å². The highest BCUT2D eigenvalue weighted by Gasteiger charge is 2.71. The first-order valence-corrected chi connectivity index (χ1v) is 20.1. The van der Waals surface area contributed by atoms with Crippen LogP contribution in [0.15, 0.2) is 72.8 Å². The Morgan fingerprint density at radius 2 is 1.57 bits per heavy atom. The van der Waals surface area contributed by atoms with Gasteiger partial charge < -0.3 is 19.0 Å². The molecule has 1 N–H and O–H groups in total. The zero-order valence-electron chi connectivity index (χ0n) is 29.9. The Bertz CT molecular complexity index is 1370. The van der Waals surface area contributed by atoms with Crippen LogP contribution in [0.4, 0.5) is 0 Å². The Morgan fingerprint density at radius 1 is 0.957 bits per heavy atom. The lowest BCUT2D eigenvalue weighted by Crippen LogP contribution is -2.67. The number of benzene rings is 2. The number of carbonyl (C=O) groups excluding carboxylic acids is 1. The normalized spacial score (nSPS) is 35.3. The molecule has 4 aliphatic rings. The van der Waals surface area contributed by atoms with Gasteiger partial charge in [-0.2, -0.15) is 0 Å². The smallest absolute Gasteiger partial charge is 0.318 e. The number of carbonyl (C=O) groups is 1. The third-order valence-electron chi connectivity index (χ3n) is 12.6. The number of aliphatic hydroxyl groups is 1. The first kappa shape index (κ1) is 34.6. The van der Waals surface area contributed by atoms with Gasteiger partial charge in [0.15, 0.2) is 0 Å². The third kappa shape index (κ3) is 5.79. The van der Waals surface area contributed by atoms with Crippen molar-refractivity contribution in [3.63, 3.8) is 0 Å². The number of rotatable bonds is 8. The molecule has 1 saturated heterocycles. The van der Waals surface area contributed by atoms with E-state index in [2.05, 4.69) is 128 Å². The van der Waals surface area contributed by atoms with E-state index in [9.17, 15) is 9.90 Å². The summed E-state index contributed by atoms with van der Waals surface area (Å²) in [4.78, 5) is 14.4. The summed E-state index contributed by atoms with van der Waals surface area (Å²) in [5.74, 6) is 0.521. The number of esters is 1. The molecule has 6 heteroatoms. The van der Waals surface area contributed by atoms with E-state index < -0.39 is 26.1 Å². The fourth-order valence-electron chi connectivity index (χ4n) is 10.1. The molecule has 1 heterocycles. The molecule has 3 fully saturated rings. The van der Waals surface area contributed by atoms with E-state index in [1.165, 1.54) is 16.8 Å². The molecule has 2 saturated carbocycles. The van der Waals surface area contributed by atoms with Gasteiger partial charge in [-0.1, -0.05) is 135 Å². The summed E-state index contributed by atoms with van der Waals surface area (Å²) in [6.07, 6.45) is 7.74. The predicted molar refractivity (Wildman–Crippen MR) is 191 cm³/mol. The van der Waals surface area contributed by atoms with Gasteiger partial charge in [-0.05, 0) is 64.3 Å². The van der Waals surface area contributed by atoms with E-state index in [1.54, 1.807) is 0 Å². The van der Waals surface area contributed by atoms with Crippen LogP contribution in [-0.4, -0.2) is 44.5 Å². The molecule has 0 aromatic heterocycles. The summed E-state index contributed by atoms with van der Waals surface area (Å²) in [5.41, 5.74) is -1.22. The van der Waals surface area contributed by atoms with Crippen molar-refractivity contribution in [2.75, 3.05) is 6.61 Å². The monoisotopic (exact) mass is 658 g/mol. The number of allylic oxidation sites excluding steroid dienone is 1. The molecular formula is C41H58O5Si. The summed E-state index contributed by atoms with van der Waals surface area (Å²) >= 11 is 0. The van der Waals surface area contributed by atoms with E-state index in [1.807, 2.05) is 0 Å². The average molecular weight is 659 g/mol. The van der Waals surface area contributed by atoms with Gasteiger partial charge in [-0.25, -0.2) is 0 Å². The Hall–Kier alpha value is -2.25. The van der Waals surface area contributed by atoms with Gasteiger partial charge in [-0.15, -0.1) is 0 Å². The molecule has 1 spiro atoms. The van der Waals surface area contributed by atoms with Gasteiger partial charge in [0, 0.05) is 24.4 Å². The molecule has 47 heavy (non-hydrogen) atoms. The van der Waals surface area contributed by atoms with Crippen LogP contribution in [0.1, 0.15) is 87.5 Å². The Morgan fingerprint density at radius 3 is 2.15 bits per heavy atom. The number of ether oxygens (including phenoxy) is 2. The van der Waals surface area contributed by atoms with Gasteiger partial charge in [0.2, 0.25) is 6.29 Å². The van der Waals surface area contributed by atoms with Crippen molar-refractivity contribution in [3.05, 3.63) is 72.8 Å². The Labute approximate surface area is 284 Å². The van der Waals surface area contributed by atoms with Crippen molar-refractivity contribution in [1.29, 1.82) is 0 Å². The molecule has 0 radical (unpaired) electrons. The van der Waals surface area contributed by atoms with Crippen molar-refractivity contribution in [2.24, 2.45) is 46.3 Å². The third-order valence-corrected chi connectivity index (χ3v) is 17.6. The number of aliphatic hydroxyl groups excluding tert-OH is 1. The highest BCUT2D eigenvalue weighted by Crippen LogP contribution is 2.64. The minimum absolute atomic E-state index is 0.0167. The van der Waals surface area contributed by atoms with E-state index in [0.717, 1.165) is 19.3 Å². The maximum absolute atomic E-state index is 14.4. The lowest BCUT2D eigenvalue weighted by molar-refractivity contribution is -0.203. The molecule has 5 nitrogen and oxygen atoms in total. The molecule has 1 aliphatic heterocycles. The van der Waals surface area contributed by atoms with Crippen LogP contribution in [0.3, 0.4) is 0 Å². The van der Waals surface area contributed by atoms with E-state index in [0.29, 0.717) is 30.8 Å². The van der Waals surface area contributed by atoms with E-state index in [4.69, 9.17) is 13.9 Å². The van der Waals surface area contributed by atoms with Crippen LogP contribution in [0.25, 0.3) is 0 Å². The fraction of sp³-hybridized carbons (Fsp3) is 0.634. The molecule has 6 rings (SSSR count). The second kappa shape index (κ2) is 12.9. The Balaban J connectivity index is 1.43. The molecular weight excluding hydrogens is 601 g/mol. The van der Waals surface area contributed by atoms with Gasteiger partial charge in [0.1, 0.15) is 5.41 Å². The predicted octanol–water partition coefficient (Wildman–Crippen LogP) is 7.51. The van der Waals surface area contributed by atoms with Crippen LogP contribution in [0.2, 0.25) is 5.04 Å². The van der Waals surface area contributed by atoms with E-state index >= 15 is 0 Å². The first-order valence-electron chi connectivity index (χ1n) is 18.2. The highest BCUT2D eigenvalue weighted by atomic mass is 28.4. The molecule has 256 valence electrons. The summed E-state index contributed by atoms with van der Waals surface area (Å²) in [5, 5.41) is 14.3. The molecule has 0 amide bonds. The lowest BCUT2D eigenvalue weighted by atomic mass is 9.47. The molecule has 3 aliphatic carbocycles. The van der Waals surface area contributed by atoms with Gasteiger partial charge in [0.25, 0.3) is 8.32 Å². The number of hydrogen-bond donors (Lipinski definition) is 1.